The topological polar surface area (TPSA) is 69.6 Å². The van der Waals surface area contributed by atoms with E-state index >= 15 is 0 Å². The average Bonchev–Trinajstić information content (AvgIpc) is 3.48. The Balaban J connectivity index is 1.50. The molecule has 0 saturated carbocycles. The van der Waals surface area contributed by atoms with Crippen LogP contribution >= 0.6 is 34.5 Å². The third kappa shape index (κ3) is 3.72. The van der Waals surface area contributed by atoms with Crippen molar-refractivity contribution in [2.75, 3.05) is 7.11 Å². The molecule has 0 radical (unpaired) electrons. The predicted octanol–water partition coefficient (Wildman–Crippen LogP) is 4.94. The molecule has 0 aliphatic heterocycles. The van der Waals surface area contributed by atoms with E-state index < -0.39 is 0 Å². The van der Waals surface area contributed by atoms with Crippen LogP contribution in [0.2, 0.25) is 10.0 Å². The molecule has 0 amide bonds. The first-order chi connectivity index (χ1) is 15.0. The molecule has 0 aliphatic carbocycles. The zero-order valence-electron chi connectivity index (χ0n) is 16.0. The standard InChI is InChI=1S/C22H13Cl2N3O3S/c1-29-14-5-2-12(3-6-14)20-25-22-27(26-20)21(28)19(31-22)11-15-7-9-18(30-15)16-10-13(23)4-8-17(16)24/h2-11H,1H3/b19-11-. The molecule has 6 nitrogen and oxygen atoms in total. The summed E-state index contributed by atoms with van der Waals surface area (Å²) in [4.78, 5) is 17.8. The Hall–Kier alpha value is -3.13. The van der Waals surface area contributed by atoms with Crippen LogP contribution in [0.15, 0.2) is 63.8 Å². The molecule has 0 N–H and O–H groups in total. The van der Waals surface area contributed by atoms with Gasteiger partial charge in [0.05, 0.1) is 12.1 Å². The molecular weight excluding hydrogens is 457 g/mol. The molecule has 2 aromatic carbocycles. The number of benzene rings is 2. The van der Waals surface area contributed by atoms with Crippen LogP contribution in [-0.2, 0) is 0 Å². The fourth-order valence-electron chi connectivity index (χ4n) is 3.09. The van der Waals surface area contributed by atoms with Gasteiger partial charge in [0.25, 0.3) is 5.56 Å². The van der Waals surface area contributed by atoms with Crippen LogP contribution in [-0.4, -0.2) is 21.7 Å². The van der Waals surface area contributed by atoms with Gasteiger partial charge in [-0.2, -0.15) is 9.50 Å². The number of hydrogen-bond acceptors (Lipinski definition) is 6. The maximum Gasteiger partial charge on any atom is 0.291 e. The largest absolute Gasteiger partial charge is 0.497 e. The number of furan rings is 1. The summed E-state index contributed by atoms with van der Waals surface area (Å²) in [6, 6.07) is 16.0. The highest BCUT2D eigenvalue weighted by Gasteiger charge is 2.13. The van der Waals surface area contributed by atoms with Gasteiger partial charge >= 0.3 is 0 Å². The maximum atomic E-state index is 12.8. The average molecular weight is 470 g/mol. The van der Waals surface area contributed by atoms with Crippen molar-refractivity contribution >= 4 is 45.6 Å². The molecule has 5 rings (SSSR count). The second kappa shape index (κ2) is 7.85. The third-order valence-corrected chi connectivity index (χ3v) is 6.15. The van der Waals surface area contributed by atoms with Gasteiger partial charge in [0, 0.05) is 22.2 Å². The van der Waals surface area contributed by atoms with Gasteiger partial charge in [0.2, 0.25) is 4.96 Å². The Kier molecular flexibility index (Phi) is 5.02. The van der Waals surface area contributed by atoms with Crippen molar-refractivity contribution in [1.29, 1.82) is 0 Å². The predicted molar refractivity (Wildman–Crippen MR) is 122 cm³/mol. The van der Waals surface area contributed by atoms with E-state index in [1.165, 1.54) is 15.9 Å². The van der Waals surface area contributed by atoms with Crippen LogP contribution < -0.4 is 14.8 Å². The van der Waals surface area contributed by atoms with E-state index in [2.05, 4.69) is 10.1 Å². The van der Waals surface area contributed by atoms with Crippen molar-refractivity contribution in [3.05, 3.63) is 85.3 Å². The molecule has 0 bridgehead atoms. The van der Waals surface area contributed by atoms with E-state index in [0.29, 0.717) is 42.4 Å². The quantitative estimate of drug-likeness (QED) is 0.372. The smallest absolute Gasteiger partial charge is 0.291 e. The highest BCUT2D eigenvalue weighted by Crippen LogP contribution is 2.32. The van der Waals surface area contributed by atoms with E-state index in [0.717, 1.165) is 11.3 Å². The lowest BCUT2D eigenvalue weighted by Crippen LogP contribution is -2.23. The monoisotopic (exact) mass is 469 g/mol. The van der Waals surface area contributed by atoms with Gasteiger partial charge in [-0.1, -0.05) is 34.5 Å². The van der Waals surface area contributed by atoms with Gasteiger partial charge in [-0.25, -0.2) is 0 Å². The molecule has 31 heavy (non-hydrogen) atoms. The molecule has 0 aliphatic rings. The number of halogens is 2. The molecule has 9 heteroatoms. The fourth-order valence-corrected chi connectivity index (χ4v) is 4.36. The molecule has 0 fully saturated rings. The number of rotatable bonds is 4. The fraction of sp³-hybridized carbons (Fsp3) is 0.0455. The zero-order valence-corrected chi connectivity index (χ0v) is 18.3. The van der Waals surface area contributed by atoms with Crippen molar-refractivity contribution in [2.24, 2.45) is 0 Å². The number of nitrogens with zero attached hydrogens (tertiary/aromatic N) is 3. The summed E-state index contributed by atoms with van der Waals surface area (Å²) in [5.74, 6) is 2.30. The van der Waals surface area contributed by atoms with Crippen molar-refractivity contribution in [2.45, 2.75) is 0 Å². The lowest BCUT2D eigenvalue weighted by molar-refractivity contribution is 0.415. The first kappa shape index (κ1) is 19.8. The molecule has 0 unspecified atom stereocenters. The van der Waals surface area contributed by atoms with Crippen LogP contribution in [0.5, 0.6) is 5.75 Å². The van der Waals surface area contributed by atoms with Gasteiger partial charge in [-0.3, -0.25) is 4.79 Å². The minimum atomic E-state index is -0.258. The molecule has 0 atom stereocenters. The van der Waals surface area contributed by atoms with Crippen LogP contribution in [0, 0.1) is 0 Å². The van der Waals surface area contributed by atoms with Crippen molar-refractivity contribution < 1.29 is 9.15 Å². The molecule has 0 saturated heterocycles. The Morgan fingerprint density at radius 1 is 1.10 bits per heavy atom. The molecule has 3 aromatic heterocycles. The van der Waals surface area contributed by atoms with Crippen LogP contribution in [0.3, 0.4) is 0 Å². The van der Waals surface area contributed by atoms with Gasteiger partial charge in [0.1, 0.15) is 21.8 Å². The Morgan fingerprint density at radius 2 is 1.90 bits per heavy atom. The van der Waals surface area contributed by atoms with Gasteiger partial charge in [-0.05, 0) is 54.6 Å². The van der Waals surface area contributed by atoms with Crippen molar-refractivity contribution in [3.63, 3.8) is 0 Å². The normalized spacial score (nSPS) is 12.0. The number of ether oxygens (including phenoxy) is 1. The minimum Gasteiger partial charge on any atom is -0.497 e. The molecule has 154 valence electrons. The van der Waals surface area contributed by atoms with Gasteiger partial charge in [0.15, 0.2) is 5.82 Å². The van der Waals surface area contributed by atoms with Crippen molar-refractivity contribution in [3.8, 4) is 28.5 Å². The first-order valence-electron chi connectivity index (χ1n) is 9.13. The van der Waals surface area contributed by atoms with E-state index in [4.69, 9.17) is 32.4 Å². The summed E-state index contributed by atoms with van der Waals surface area (Å²) >= 11 is 13.5. The van der Waals surface area contributed by atoms with Gasteiger partial charge < -0.3 is 9.15 Å². The highest BCUT2D eigenvalue weighted by atomic mass is 35.5. The van der Waals surface area contributed by atoms with Crippen LogP contribution in [0.4, 0.5) is 0 Å². The van der Waals surface area contributed by atoms with E-state index in [1.807, 2.05) is 24.3 Å². The summed E-state index contributed by atoms with van der Waals surface area (Å²) in [6.45, 7) is 0. The summed E-state index contributed by atoms with van der Waals surface area (Å²) in [5.41, 5.74) is 1.23. The summed E-state index contributed by atoms with van der Waals surface area (Å²) in [7, 11) is 1.60. The molecular formula is C22H13Cl2N3O3S. The Morgan fingerprint density at radius 3 is 2.65 bits per heavy atom. The summed E-state index contributed by atoms with van der Waals surface area (Å²) < 4.78 is 12.8. The number of aromatic nitrogens is 3. The Labute approximate surface area is 189 Å². The maximum absolute atomic E-state index is 12.8. The first-order valence-corrected chi connectivity index (χ1v) is 10.7. The van der Waals surface area contributed by atoms with Crippen LogP contribution in [0.1, 0.15) is 5.76 Å². The van der Waals surface area contributed by atoms with E-state index in [1.54, 1.807) is 43.5 Å². The number of fused-ring (bicyclic) bond motifs is 1. The summed E-state index contributed by atoms with van der Waals surface area (Å²) in [5, 5.41) is 5.44. The molecule has 0 spiro atoms. The number of hydrogen-bond donors (Lipinski definition) is 0. The second-order valence-electron chi connectivity index (χ2n) is 6.60. The molecule has 5 aromatic rings. The second-order valence-corrected chi connectivity index (χ2v) is 8.45. The SMILES string of the molecule is COc1ccc(-c2nc3s/c(=C\c4ccc(-c5cc(Cl)ccc5Cl)o4)c(=O)n3n2)cc1. The lowest BCUT2D eigenvalue weighted by Gasteiger charge is -2.00. The van der Waals surface area contributed by atoms with Crippen LogP contribution in [0.25, 0.3) is 33.7 Å². The van der Waals surface area contributed by atoms with E-state index in [-0.39, 0.29) is 5.56 Å². The van der Waals surface area contributed by atoms with E-state index in [9.17, 15) is 4.79 Å². The highest BCUT2D eigenvalue weighted by molar-refractivity contribution is 7.15. The molecule has 3 heterocycles. The third-order valence-electron chi connectivity index (χ3n) is 4.62. The Bertz CT molecular complexity index is 1520. The lowest BCUT2D eigenvalue weighted by atomic mass is 10.2. The summed E-state index contributed by atoms with van der Waals surface area (Å²) in [6.07, 6.45) is 1.67. The van der Waals surface area contributed by atoms with Gasteiger partial charge in [-0.15, -0.1) is 5.10 Å². The van der Waals surface area contributed by atoms with Crippen molar-refractivity contribution in [1.82, 2.24) is 14.6 Å². The number of thiazole rings is 1. The minimum absolute atomic E-state index is 0.258. The zero-order chi connectivity index (χ0) is 21.5. The number of methoxy groups -OCH3 is 1.